The molecule has 3 aromatic rings. The van der Waals surface area contributed by atoms with Crippen LogP contribution in [0.3, 0.4) is 0 Å². The van der Waals surface area contributed by atoms with Gasteiger partial charge in [0.25, 0.3) is 0 Å². The summed E-state index contributed by atoms with van der Waals surface area (Å²) < 4.78 is 6.08. The zero-order valence-corrected chi connectivity index (χ0v) is 24.3. The van der Waals surface area contributed by atoms with Crippen molar-refractivity contribution in [2.24, 2.45) is 5.92 Å². The Labute approximate surface area is 247 Å². The van der Waals surface area contributed by atoms with Crippen LogP contribution in [0.2, 0.25) is 0 Å². The second-order valence-corrected chi connectivity index (χ2v) is 11.4. The molecule has 0 radical (unpaired) electrons. The van der Waals surface area contributed by atoms with Crippen LogP contribution in [0.25, 0.3) is 0 Å². The van der Waals surface area contributed by atoms with Crippen molar-refractivity contribution in [1.82, 2.24) is 9.80 Å². The molecule has 2 heterocycles. The molecule has 2 aliphatic rings. The van der Waals surface area contributed by atoms with Crippen LogP contribution < -0.4 is 10.1 Å². The number of ether oxygens (including phenoxy) is 1. The number of rotatable bonds is 9. The molecule has 1 fully saturated rings. The van der Waals surface area contributed by atoms with Gasteiger partial charge < -0.3 is 25.0 Å². The summed E-state index contributed by atoms with van der Waals surface area (Å²) in [5, 5.41) is 13.0. The summed E-state index contributed by atoms with van der Waals surface area (Å²) in [6, 6.07) is 21.7. The Balaban J connectivity index is 1.15. The van der Waals surface area contributed by atoms with Crippen molar-refractivity contribution in [3.8, 4) is 5.75 Å². The molecule has 0 aromatic heterocycles. The second kappa shape index (κ2) is 13.1. The largest absolute Gasteiger partial charge is 0.488 e. The predicted octanol–water partition coefficient (Wildman–Crippen LogP) is 5.60. The van der Waals surface area contributed by atoms with Gasteiger partial charge >= 0.3 is 12.0 Å². The summed E-state index contributed by atoms with van der Waals surface area (Å²) >= 11 is 0. The molecule has 2 N–H and O–H groups in total. The van der Waals surface area contributed by atoms with Crippen LogP contribution in [0.5, 0.6) is 5.75 Å². The molecule has 1 saturated heterocycles. The lowest BCUT2D eigenvalue weighted by Crippen LogP contribution is -2.50. The number of amides is 3. The Morgan fingerprint density at radius 1 is 0.952 bits per heavy atom. The molecule has 0 spiro atoms. The molecular weight excluding hydrogens is 530 g/mol. The quantitative estimate of drug-likeness (QED) is 0.350. The van der Waals surface area contributed by atoms with Crippen molar-refractivity contribution in [2.45, 2.75) is 58.6 Å². The number of nitrogens with one attached hydrogen (secondary N) is 1. The van der Waals surface area contributed by atoms with E-state index in [2.05, 4.69) is 5.32 Å². The van der Waals surface area contributed by atoms with E-state index in [4.69, 9.17) is 4.74 Å². The van der Waals surface area contributed by atoms with Crippen LogP contribution in [0.4, 0.5) is 10.5 Å². The van der Waals surface area contributed by atoms with Crippen molar-refractivity contribution in [3.63, 3.8) is 0 Å². The maximum atomic E-state index is 13.2. The molecule has 3 aromatic carbocycles. The summed E-state index contributed by atoms with van der Waals surface area (Å²) in [7, 11) is 0. The zero-order valence-electron chi connectivity index (χ0n) is 24.3. The topological polar surface area (TPSA) is 99.2 Å². The first kappa shape index (κ1) is 29.2. The number of carboxylic acid groups (broad SMARTS) is 1. The molecule has 220 valence electrons. The van der Waals surface area contributed by atoms with Crippen LogP contribution in [-0.2, 0) is 29.0 Å². The third-order valence-corrected chi connectivity index (χ3v) is 8.40. The van der Waals surface area contributed by atoms with Gasteiger partial charge in [0.05, 0.1) is 5.92 Å². The fourth-order valence-electron chi connectivity index (χ4n) is 6.15. The first-order valence-electron chi connectivity index (χ1n) is 14.7. The van der Waals surface area contributed by atoms with E-state index in [-0.39, 0.29) is 30.8 Å². The lowest BCUT2D eigenvalue weighted by atomic mass is 9.92. The standard InChI is InChI=1S/C34H39N3O5/c1-23-18-26(19-24(2)32(23)42-22-25-8-4-3-5-9-25)20-28(33(39)40)21-31(38)36-15-13-29(14-16-36)37-17-12-27-10-6-7-11-30(27)35-34(37)41/h3-11,18-19,28-29H,12-17,20-22H2,1-2H3,(H,35,41)(H,39,40)/t28-/m0/s1. The number of likely N-dealkylation sites (tertiary alicyclic amines) is 1. The van der Waals surface area contributed by atoms with E-state index >= 15 is 0 Å². The van der Waals surface area contributed by atoms with E-state index in [9.17, 15) is 19.5 Å². The Bertz CT molecular complexity index is 1410. The van der Waals surface area contributed by atoms with Crippen LogP contribution in [-0.4, -0.2) is 58.5 Å². The average molecular weight is 570 g/mol. The molecule has 1 atom stereocenters. The van der Waals surface area contributed by atoms with E-state index in [0.29, 0.717) is 39.1 Å². The number of fused-ring (bicyclic) bond motifs is 1. The Kier molecular flexibility index (Phi) is 9.10. The molecule has 42 heavy (non-hydrogen) atoms. The number of para-hydroxylation sites is 1. The fraction of sp³-hybridized carbons (Fsp3) is 0.382. The van der Waals surface area contributed by atoms with E-state index in [1.165, 1.54) is 0 Å². The molecular formula is C34H39N3O5. The van der Waals surface area contributed by atoms with Crippen LogP contribution in [0.1, 0.15) is 47.1 Å². The number of carbonyl (C=O) groups excluding carboxylic acids is 2. The molecule has 0 bridgehead atoms. The maximum absolute atomic E-state index is 13.2. The smallest absolute Gasteiger partial charge is 0.322 e. The molecule has 2 aliphatic heterocycles. The predicted molar refractivity (Wildman–Crippen MR) is 162 cm³/mol. The summed E-state index contributed by atoms with van der Waals surface area (Å²) in [6.45, 7) is 6.05. The number of piperidine rings is 1. The van der Waals surface area contributed by atoms with E-state index < -0.39 is 11.9 Å². The van der Waals surface area contributed by atoms with Gasteiger partial charge in [-0.25, -0.2) is 4.79 Å². The number of urea groups is 1. The highest BCUT2D eigenvalue weighted by Gasteiger charge is 2.32. The number of hydrogen-bond donors (Lipinski definition) is 2. The lowest BCUT2D eigenvalue weighted by Gasteiger charge is -2.38. The van der Waals surface area contributed by atoms with Crippen LogP contribution in [0, 0.1) is 19.8 Å². The number of anilines is 1. The SMILES string of the molecule is Cc1cc(C[C@@H](CC(=O)N2CCC(N3CCc4ccccc4NC3=O)CC2)C(=O)O)cc(C)c1OCc1ccccc1. The van der Waals surface area contributed by atoms with Crippen molar-refractivity contribution in [3.05, 3.63) is 94.5 Å². The molecule has 0 saturated carbocycles. The highest BCUT2D eigenvalue weighted by Crippen LogP contribution is 2.29. The zero-order chi connectivity index (χ0) is 29.6. The van der Waals surface area contributed by atoms with Gasteiger partial charge in [0.1, 0.15) is 12.4 Å². The minimum Gasteiger partial charge on any atom is -0.488 e. The second-order valence-electron chi connectivity index (χ2n) is 11.4. The number of carbonyl (C=O) groups is 3. The van der Waals surface area contributed by atoms with Crippen molar-refractivity contribution in [2.75, 3.05) is 25.0 Å². The van der Waals surface area contributed by atoms with Crippen molar-refractivity contribution >= 4 is 23.6 Å². The third-order valence-electron chi connectivity index (χ3n) is 8.40. The fourth-order valence-corrected chi connectivity index (χ4v) is 6.15. The molecule has 5 rings (SSSR count). The summed E-state index contributed by atoms with van der Waals surface area (Å²) in [4.78, 5) is 42.0. The number of hydrogen-bond acceptors (Lipinski definition) is 4. The van der Waals surface area contributed by atoms with Crippen molar-refractivity contribution < 1.29 is 24.2 Å². The number of aryl methyl sites for hydroxylation is 2. The van der Waals surface area contributed by atoms with Gasteiger partial charge in [-0.1, -0.05) is 60.7 Å². The minimum atomic E-state index is -0.973. The van der Waals surface area contributed by atoms with Crippen molar-refractivity contribution in [1.29, 1.82) is 0 Å². The molecule has 0 unspecified atom stereocenters. The first-order valence-corrected chi connectivity index (χ1v) is 14.7. The Hall–Kier alpha value is -4.33. The highest BCUT2D eigenvalue weighted by atomic mass is 16.5. The number of carboxylic acids is 1. The number of nitrogens with zero attached hydrogens (tertiary/aromatic N) is 2. The third kappa shape index (κ3) is 6.93. The monoisotopic (exact) mass is 569 g/mol. The lowest BCUT2D eigenvalue weighted by molar-refractivity contribution is -0.146. The molecule has 8 heteroatoms. The van der Waals surface area contributed by atoms with Gasteiger partial charge in [0, 0.05) is 37.8 Å². The number of aliphatic carboxylic acids is 1. The molecule has 0 aliphatic carbocycles. The van der Waals surface area contributed by atoms with Crippen LogP contribution >= 0.6 is 0 Å². The Morgan fingerprint density at radius 3 is 2.31 bits per heavy atom. The summed E-state index contributed by atoms with van der Waals surface area (Å²) in [5.41, 5.74) is 5.83. The molecule has 8 nitrogen and oxygen atoms in total. The van der Waals surface area contributed by atoms with Gasteiger partial charge in [-0.2, -0.15) is 0 Å². The average Bonchev–Trinajstić information content (AvgIpc) is 3.15. The van der Waals surface area contributed by atoms with Gasteiger partial charge in [0.15, 0.2) is 0 Å². The highest BCUT2D eigenvalue weighted by molar-refractivity contribution is 5.91. The maximum Gasteiger partial charge on any atom is 0.322 e. The molecule has 3 amide bonds. The van der Waals surface area contributed by atoms with E-state index in [1.54, 1.807) is 4.90 Å². The van der Waals surface area contributed by atoms with Crippen LogP contribution in [0.15, 0.2) is 66.7 Å². The van der Waals surface area contributed by atoms with Gasteiger partial charge in [-0.3, -0.25) is 9.59 Å². The first-order chi connectivity index (χ1) is 20.3. The Morgan fingerprint density at radius 2 is 1.62 bits per heavy atom. The van der Waals surface area contributed by atoms with E-state index in [0.717, 1.165) is 45.7 Å². The van der Waals surface area contributed by atoms with Gasteiger partial charge in [-0.15, -0.1) is 0 Å². The summed E-state index contributed by atoms with van der Waals surface area (Å²) in [5.74, 6) is -1.14. The van der Waals surface area contributed by atoms with E-state index in [1.807, 2.05) is 85.5 Å². The number of benzene rings is 3. The van der Waals surface area contributed by atoms with Gasteiger partial charge in [0.2, 0.25) is 5.91 Å². The summed E-state index contributed by atoms with van der Waals surface area (Å²) in [6.07, 6.45) is 2.36. The minimum absolute atomic E-state index is 0.0483. The normalized spacial score (nSPS) is 16.3. The van der Waals surface area contributed by atoms with Gasteiger partial charge in [-0.05, 0) is 73.4 Å².